The van der Waals surface area contributed by atoms with Gasteiger partial charge in [-0.2, -0.15) is 0 Å². The summed E-state index contributed by atoms with van der Waals surface area (Å²) in [5.41, 5.74) is 10.8. The Bertz CT molecular complexity index is 62.7. The molecule has 0 fully saturated rings. The summed E-state index contributed by atoms with van der Waals surface area (Å²) in [5, 5.41) is 2.94. The van der Waals surface area contributed by atoms with Crippen LogP contribution in [0.25, 0.3) is 0 Å². The third-order valence-corrected chi connectivity index (χ3v) is 1.22. The van der Waals surface area contributed by atoms with Crippen LogP contribution in [0, 0.1) is 0 Å². The lowest BCUT2D eigenvalue weighted by Crippen LogP contribution is -2.55. The summed E-state index contributed by atoms with van der Waals surface area (Å²) in [6, 6.07) is 0. The van der Waals surface area contributed by atoms with Crippen LogP contribution in [0.15, 0.2) is 0 Å². The van der Waals surface area contributed by atoms with Crippen molar-refractivity contribution in [3.63, 3.8) is 0 Å². The second-order valence-electron chi connectivity index (χ2n) is 2.51. The predicted octanol–water partition coefficient (Wildman–Crippen LogP) is -0.380. The number of likely N-dealkylation sites (N-methyl/N-ethyl adjacent to an activating group) is 1. The summed E-state index contributed by atoms with van der Waals surface area (Å²) in [7, 11) is 1.85. The van der Waals surface area contributed by atoms with E-state index >= 15 is 0 Å². The second kappa shape index (κ2) is 3.82. The Morgan fingerprint density at radius 3 is 2.33 bits per heavy atom. The van der Waals surface area contributed by atoms with Crippen molar-refractivity contribution in [3.8, 4) is 0 Å². The summed E-state index contributed by atoms with van der Waals surface area (Å²) in [6.45, 7) is 2.75. The van der Waals surface area contributed by atoms with Gasteiger partial charge in [-0.05, 0) is 13.5 Å². The van der Waals surface area contributed by atoms with E-state index in [0.717, 1.165) is 12.8 Å². The van der Waals surface area contributed by atoms with Gasteiger partial charge < -0.3 is 16.8 Å². The van der Waals surface area contributed by atoms with Crippen molar-refractivity contribution in [2.24, 2.45) is 11.5 Å². The zero-order chi connectivity index (χ0) is 7.33. The van der Waals surface area contributed by atoms with E-state index < -0.39 is 5.66 Å². The number of nitrogens with two attached hydrogens (primary N) is 2. The number of hydrogen-bond donors (Lipinski definition) is 3. The molecule has 3 nitrogen and oxygen atoms in total. The Hall–Kier alpha value is -0.120. The van der Waals surface area contributed by atoms with Gasteiger partial charge in [0.15, 0.2) is 0 Å². The fourth-order valence-electron chi connectivity index (χ4n) is 0.883. The Kier molecular flexibility index (Phi) is 3.77. The molecule has 0 bridgehead atoms. The van der Waals surface area contributed by atoms with Crippen molar-refractivity contribution in [2.45, 2.75) is 25.4 Å². The predicted molar refractivity (Wildman–Crippen MR) is 39.9 cm³/mol. The highest BCUT2D eigenvalue weighted by Gasteiger charge is 2.14. The number of nitrogens with one attached hydrogen (secondary N) is 1. The van der Waals surface area contributed by atoms with E-state index in [2.05, 4.69) is 12.2 Å². The van der Waals surface area contributed by atoms with Crippen LogP contribution in [0.3, 0.4) is 0 Å². The van der Waals surface area contributed by atoms with Gasteiger partial charge in [-0.3, -0.25) is 0 Å². The van der Waals surface area contributed by atoms with E-state index in [9.17, 15) is 0 Å². The quantitative estimate of drug-likeness (QED) is 0.456. The number of hydrogen-bond acceptors (Lipinski definition) is 3. The minimum absolute atomic E-state index is 0.510. The molecule has 0 rings (SSSR count). The first kappa shape index (κ1) is 8.88. The summed E-state index contributed by atoms with van der Waals surface area (Å²) >= 11 is 0. The third kappa shape index (κ3) is 4.39. The van der Waals surface area contributed by atoms with E-state index in [1.807, 2.05) is 7.05 Å². The molecule has 0 spiro atoms. The van der Waals surface area contributed by atoms with E-state index in [0.29, 0.717) is 6.54 Å². The molecule has 3 heteroatoms. The highest BCUT2D eigenvalue weighted by molar-refractivity contribution is 4.77. The van der Waals surface area contributed by atoms with Crippen molar-refractivity contribution < 1.29 is 0 Å². The molecule has 0 aromatic rings. The van der Waals surface area contributed by atoms with E-state index in [1.54, 1.807) is 0 Å². The molecule has 0 saturated heterocycles. The van der Waals surface area contributed by atoms with Crippen molar-refractivity contribution in [2.75, 3.05) is 13.6 Å². The molecule has 0 unspecified atom stereocenters. The van der Waals surface area contributed by atoms with Gasteiger partial charge in [0.25, 0.3) is 0 Å². The van der Waals surface area contributed by atoms with Gasteiger partial charge in [0.05, 0.1) is 5.66 Å². The van der Waals surface area contributed by atoms with Gasteiger partial charge in [0.2, 0.25) is 0 Å². The van der Waals surface area contributed by atoms with E-state index in [-0.39, 0.29) is 0 Å². The average molecular weight is 131 g/mol. The van der Waals surface area contributed by atoms with Gasteiger partial charge in [-0.1, -0.05) is 13.3 Å². The van der Waals surface area contributed by atoms with Crippen LogP contribution in [0.2, 0.25) is 0 Å². The van der Waals surface area contributed by atoms with Crippen LogP contribution in [0.4, 0.5) is 0 Å². The zero-order valence-electron chi connectivity index (χ0n) is 6.28. The van der Waals surface area contributed by atoms with Crippen LogP contribution in [0.5, 0.6) is 0 Å². The molecule has 0 aliphatic carbocycles. The lowest BCUT2D eigenvalue weighted by Gasteiger charge is -2.22. The lowest BCUT2D eigenvalue weighted by molar-refractivity contribution is 0.389. The SMILES string of the molecule is CCCC(N)(N)CNC. The Balaban J connectivity index is 3.43. The lowest BCUT2D eigenvalue weighted by atomic mass is 10.1. The Morgan fingerprint density at radius 2 is 2.00 bits per heavy atom. The number of rotatable bonds is 4. The summed E-state index contributed by atoms with van der Waals surface area (Å²) < 4.78 is 0. The summed E-state index contributed by atoms with van der Waals surface area (Å²) in [6.07, 6.45) is 1.91. The maximum absolute atomic E-state index is 5.65. The minimum atomic E-state index is -0.510. The topological polar surface area (TPSA) is 64.1 Å². The van der Waals surface area contributed by atoms with E-state index in [1.165, 1.54) is 0 Å². The first-order valence-corrected chi connectivity index (χ1v) is 3.35. The standard InChI is InChI=1S/C6H17N3/c1-3-4-6(7,8)5-9-2/h9H,3-5,7-8H2,1-2H3. The maximum atomic E-state index is 5.65. The molecule has 56 valence electrons. The van der Waals surface area contributed by atoms with Gasteiger partial charge >= 0.3 is 0 Å². The molecule has 0 aromatic carbocycles. The van der Waals surface area contributed by atoms with Crippen LogP contribution >= 0.6 is 0 Å². The van der Waals surface area contributed by atoms with Crippen LogP contribution in [-0.2, 0) is 0 Å². The molecule has 0 amide bonds. The maximum Gasteiger partial charge on any atom is 0.0764 e. The normalized spacial score (nSPS) is 12.0. The minimum Gasteiger partial charge on any atom is -0.317 e. The average Bonchev–Trinajstić information content (AvgIpc) is 1.64. The van der Waals surface area contributed by atoms with Crippen LogP contribution in [0.1, 0.15) is 19.8 Å². The molecule has 0 aromatic heterocycles. The fourth-order valence-corrected chi connectivity index (χ4v) is 0.883. The monoisotopic (exact) mass is 131 g/mol. The van der Waals surface area contributed by atoms with Crippen molar-refractivity contribution >= 4 is 0 Å². The second-order valence-corrected chi connectivity index (χ2v) is 2.51. The highest BCUT2D eigenvalue weighted by Crippen LogP contribution is 1.98. The molecular weight excluding hydrogens is 114 g/mol. The molecule has 0 saturated carbocycles. The Morgan fingerprint density at radius 1 is 1.44 bits per heavy atom. The van der Waals surface area contributed by atoms with Crippen molar-refractivity contribution in [3.05, 3.63) is 0 Å². The first-order valence-electron chi connectivity index (χ1n) is 3.35. The van der Waals surface area contributed by atoms with Crippen LogP contribution < -0.4 is 16.8 Å². The summed E-state index contributed by atoms with van der Waals surface area (Å²) in [5.74, 6) is 0. The van der Waals surface area contributed by atoms with Crippen molar-refractivity contribution in [1.82, 2.24) is 5.32 Å². The van der Waals surface area contributed by atoms with Gasteiger partial charge in [-0.25, -0.2) is 0 Å². The molecular formula is C6H17N3. The molecule has 0 aliphatic heterocycles. The largest absolute Gasteiger partial charge is 0.317 e. The van der Waals surface area contributed by atoms with E-state index in [4.69, 9.17) is 11.5 Å². The molecule has 9 heavy (non-hydrogen) atoms. The summed E-state index contributed by atoms with van der Waals surface area (Å²) in [4.78, 5) is 0. The molecule has 0 aliphatic rings. The first-order chi connectivity index (χ1) is 4.12. The zero-order valence-corrected chi connectivity index (χ0v) is 6.28. The molecule has 0 radical (unpaired) electrons. The van der Waals surface area contributed by atoms with Gasteiger partial charge in [0, 0.05) is 6.54 Å². The smallest absolute Gasteiger partial charge is 0.0764 e. The Labute approximate surface area is 56.8 Å². The highest BCUT2D eigenvalue weighted by atomic mass is 15.0. The van der Waals surface area contributed by atoms with Gasteiger partial charge in [0.1, 0.15) is 0 Å². The van der Waals surface area contributed by atoms with Crippen LogP contribution in [-0.4, -0.2) is 19.3 Å². The fraction of sp³-hybridized carbons (Fsp3) is 1.00. The van der Waals surface area contributed by atoms with Crippen molar-refractivity contribution in [1.29, 1.82) is 0 Å². The third-order valence-electron chi connectivity index (χ3n) is 1.22. The molecule has 0 heterocycles. The molecule has 5 N–H and O–H groups in total. The van der Waals surface area contributed by atoms with Gasteiger partial charge in [-0.15, -0.1) is 0 Å². The molecule has 0 atom stereocenters.